The quantitative estimate of drug-likeness (QED) is 0.190. The molecule has 0 radical (unpaired) electrons. The standard InChI is InChI=1S/C31H27N3OS/c1-34-29(26-15-9-4-10-16-26)28(25-13-7-3-8-14-25)33-31(34)36-22-21-32-30(35)27-19-17-24(18-20-27)23-11-5-2-6-12-23/h2-20H,21-22H2,1H3,(H,32,35). The van der Waals surface area contributed by atoms with Crippen molar-refractivity contribution < 1.29 is 4.79 Å². The Morgan fingerprint density at radius 1 is 0.722 bits per heavy atom. The summed E-state index contributed by atoms with van der Waals surface area (Å²) in [5.74, 6) is 0.659. The van der Waals surface area contributed by atoms with E-state index in [1.807, 2.05) is 78.9 Å². The fourth-order valence-electron chi connectivity index (χ4n) is 4.18. The third-order valence-electron chi connectivity index (χ3n) is 6.02. The van der Waals surface area contributed by atoms with Crippen LogP contribution in [0.3, 0.4) is 0 Å². The maximum Gasteiger partial charge on any atom is 0.251 e. The Bertz CT molecular complexity index is 1430. The molecule has 0 aliphatic rings. The van der Waals surface area contributed by atoms with Crippen molar-refractivity contribution in [1.82, 2.24) is 14.9 Å². The molecular weight excluding hydrogens is 462 g/mol. The summed E-state index contributed by atoms with van der Waals surface area (Å²) in [7, 11) is 2.05. The Balaban J connectivity index is 1.25. The Morgan fingerprint density at radius 3 is 1.86 bits per heavy atom. The monoisotopic (exact) mass is 489 g/mol. The smallest absolute Gasteiger partial charge is 0.251 e. The molecule has 0 saturated heterocycles. The molecule has 1 heterocycles. The van der Waals surface area contributed by atoms with Crippen LogP contribution in [0.4, 0.5) is 0 Å². The molecule has 1 N–H and O–H groups in total. The number of benzene rings is 4. The SMILES string of the molecule is Cn1c(SCCNC(=O)c2ccc(-c3ccccc3)cc2)nc(-c2ccccc2)c1-c1ccccc1. The highest BCUT2D eigenvalue weighted by atomic mass is 32.2. The van der Waals surface area contributed by atoms with Crippen LogP contribution in [0.25, 0.3) is 33.6 Å². The molecule has 1 amide bonds. The van der Waals surface area contributed by atoms with Crippen molar-refractivity contribution in [3.8, 4) is 33.6 Å². The average molecular weight is 490 g/mol. The molecule has 4 nitrogen and oxygen atoms in total. The zero-order chi connectivity index (χ0) is 24.7. The minimum Gasteiger partial charge on any atom is -0.351 e. The zero-order valence-corrected chi connectivity index (χ0v) is 20.9. The Labute approximate surface area is 216 Å². The molecule has 0 fully saturated rings. The molecule has 5 heteroatoms. The molecule has 0 aliphatic heterocycles. The second kappa shape index (κ2) is 11.1. The number of imidazole rings is 1. The largest absolute Gasteiger partial charge is 0.351 e. The lowest BCUT2D eigenvalue weighted by Crippen LogP contribution is -2.25. The second-order valence-corrected chi connectivity index (χ2v) is 9.49. The molecule has 5 aromatic rings. The van der Waals surface area contributed by atoms with Gasteiger partial charge in [0.25, 0.3) is 5.91 Å². The van der Waals surface area contributed by atoms with E-state index in [9.17, 15) is 4.79 Å². The molecule has 1 aromatic heterocycles. The van der Waals surface area contributed by atoms with Gasteiger partial charge in [-0.05, 0) is 23.3 Å². The van der Waals surface area contributed by atoms with Crippen molar-refractivity contribution in [3.63, 3.8) is 0 Å². The van der Waals surface area contributed by atoms with E-state index in [1.165, 1.54) is 0 Å². The van der Waals surface area contributed by atoms with Crippen LogP contribution in [0.1, 0.15) is 10.4 Å². The lowest BCUT2D eigenvalue weighted by molar-refractivity contribution is 0.0956. The molecule has 36 heavy (non-hydrogen) atoms. The summed E-state index contributed by atoms with van der Waals surface area (Å²) in [6.07, 6.45) is 0. The Kier molecular flexibility index (Phi) is 7.29. The Hall–Kier alpha value is -4.09. The summed E-state index contributed by atoms with van der Waals surface area (Å²) in [6.45, 7) is 0.554. The highest BCUT2D eigenvalue weighted by Crippen LogP contribution is 2.34. The topological polar surface area (TPSA) is 46.9 Å². The highest BCUT2D eigenvalue weighted by Gasteiger charge is 2.18. The first-order valence-corrected chi connectivity index (χ1v) is 12.9. The molecule has 0 atom stereocenters. The summed E-state index contributed by atoms with van der Waals surface area (Å²) in [5, 5.41) is 3.96. The van der Waals surface area contributed by atoms with E-state index in [0.717, 1.165) is 44.6 Å². The van der Waals surface area contributed by atoms with Gasteiger partial charge in [0.2, 0.25) is 0 Å². The minimum absolute atomic E-state index is 0.0648. The van der Waals surface area contributed by atoms with Gasteiger partial charge >= 0.3 is 0 Å². The number of carbonyl (C=O) groups excluding carboxylic acids is 1. The van der Waals surface area contributed by atoms with Crippen LogP contribution in [0, 0.1) is 0 Å². The fraction of sp³-hybridized carbons (Fsp3) is 0.0968. The number of amides is 1. The first-order chi connectivity index (χ1) is 17.7. The lowest BCUT2D eigenvalue weighted by atomic mass is 10.0. The summed E-state index contributed by atoms with van der Waals surface area (Å²) in [5.41, 5.74) is 7.17. The zero-order valence-electron chi connectivity index (χ0n) is 20.1. The predicted octanol–water partition coefficient (Wildman–Crippen LogP) is 6.94. The van der Waals surface area contributed by atoms with Crippen LogP contribution in [0.5, 0.6) is 0 Å². The number of carbonyl (C=O) groups is 1. The average Bonchev–Trinajstić information content (AvgIpc) is 3.28. The van der Waals surface area contributed by atoms with E-state index in [-0.39, 0.29) is 5.91 Å². The van der Waals surface area contributed by atoms with Gasteiger partial charge in [-0.2, -0.15) is 0 Å². The molecule has 0 saturated carbocycles. The molecule has 4 aromatic carbocycles. The van der Waals surface area contributed by atoms with Crippen LogP contribution in [0.2, 0.25) is 0 Å². The third kappa shape index (κ3) is 5.26. The van der Waals surface area contributed by atoms with Gasteiger partial charge < -0.3 is 9.88 Å². The first kappa shape index (κ1) is 23.6. The number of rotatable bonds is 8. The number of hydrogen-bond acceptors (Lipinski definition) is 3. The van der Waals surface area contributed by atoms with Gasteiger partial charge in [0.1, 0.15) is 0 Å². The van der Waals surface area contributed by atoms with Gasteiger partial charge in [0.15, 0.2) is 5.16 Å². The Morgan fingerprint density at radius 2 is 1.25 bits per heavy atom. The number of thioether (sulfide) groups is 1. The lowest BCUT2D eigenvalue weighted by Gasteiger charge is -2.08. The van der Waals surface area contributed by atoms with Gasteiger partial charge in [0.05, 0.1) is 11.4 Å². The van der Waals surface area contributed by atoms with Crippen LogP contribution >= 0.6 is 11.8 Å². The van der Waals surface area contributed by atoms with Gasteiger partial charge in [-0.25, -0.2) is 4.98 Å². The van der Waals surface area contributed by atoms with E-state index in [4.69, 9.17) is 4.98 Å². The van der Waals surface area contributed by atoms with Gasteiger partial charge in [-0.1, -0.05) is 115 Å². The molecular formula is C31H27N3OS. The van der Waals surface area contributed by atoms with E-state index < -0.39 is 0 Å². The summed E-state index contributed by atoms with van der Waals surface area (Å²) in [6, 6.07) is 38.5. The van der Waals surface area contributed by atoms with Crippen molar-refractivity contribution in [2.24, 2.45) is 7.05 Å². The van der Waals surface area contributed by atoms with Crippen molar-refractivity contribution in [2.45, 2.75) is 5.16 Å². The minimum atomic E-state index is -0.0648. The van der Waals surface area contributed by atoms with Crippen molar-refractivity contribution in [2.75, 3.05) is 12.3 Å². The molecule has 0 unspecified atom stereocenters. The third-order valence-corrected chi connectivity index (χ3v) is 7.05. The van der Waals surface area contributed by atoms with Gasteiger partial charge in [-0.3, -0.25) is 4.79 Å². The van der Waals surface area contributed by atoms with Crippen molar-refractivity contribution in [1.29, 1.82) is 0 Å². The summed E-state index contributed by atoms with van der Waals surface area (Å²) < 4.78 is 2.15. The van der Waals surface area contributed by atoms with Gasteiger partial charge in [0, 0.05) is 36.0 Å². The molecule has 0 aliphatic carbocycles. The second-order valence-electron chi connectivity index (χ2n) is 8.43. The predicted molar refractivity (Wildman–Crippen MR) is 149 cm³/mol. The van der Waals surface area contributed by atoms with Crippen molar-refractivity contribution >= 4 is 17.7 Å². The maximum atomic E-state index is 12.7. The van der Waals surface area contributed by atoms with E-state index in [2.05, 4.69) is 53.3 Å². The number of nitrogens with one attached hydrogen (secondary N) is 1. The van der Waals surface area contributed by atoms with E-state index in [1.54, 1.807) is 11.8 Å². The number of nitrogens with zero attached hydrogens (tertiary/aromatic N) is 2. The van der Waals surface area contributed by atoms with Crippen LogP contribution < -0.4 is 5.32 Å². The van der Waals surface area contributed by atoms with Crippen molar-refractivity contribution in [3.05, 3.63) is 121 Å². The fourth-order valence-corrected chi connectivity index (χ4v) is 5.01. The molecule has 0 spiro atoms. The number of hydrogen-bond donors (Lipinski definition) is 1. The van der Waals surface area contributed by atoms with E-state index >= 15 is 0 Å². The number of aromatic nitrogens is 2. The molecule has 5 rings (SSSR count). The highest BCUT2D eigenvalue weighted by molar-refractivity contribution is 7.99. The van der Waals surface area contributed by atoms with Crippen LogP contribution in [-0.4, -0.2) is 27.8 Å². The van der Waals surface area contributed by atoms with Gasteiger partial charge in [-0.15, -0.1) is 0 Å². The van der Waals surface area contributed by atoms with Crippen LogP contribution in [-0.2, 0) is 7.05 Å². The maximum absolute atomic E-state index is 12.7. The molecule has 0 bridgehead atoms. The summed E-state index contributed by atoms with van der Waals surface area (Å²) >= 11 is 1.65. The normalized spacial score (nSPS) is 10.8. The van der Waals surface area contributed by atoms with Crippen LogP contribution in [0.15, 0.2) is 120 Å². The first-order valence-electron chi connectivity index (χ1n) is 11.9. The molecule has 178 valence electrons. The summed E-state index contributed by atoms with van der Waals surface area (Å²) in [4.78, 5) is 17.6. The van der Waals surface area contributed by atoms with E-state index in [0.29, 0.717) is 12.1 Å².